The van der Waals surface area contributed by atoms with Crippen LogP contribution in [0.15, 0.2) is 0 Å². The van der Waals surface area contributed by atoms with Gasteiger partial charge in [0, 0.05) is 25.4 Å². The Morgan fingerprint density at radius 3 is 2.35 bits per heavy atom. The zero-order valence-electron chi connectivity index (χ0n) is 10.3. The molecule has 0 aromatic heterocycles. The van der Waals surface area contributed by atoms with Crippen molar-refractivity contribution in [1.82, 2.24) is 10.2 Å². The molecule has 0 aliphatic carbocycles. The summed E-state index contributed by atoms with van der Waals surface area (Å²) in [5.74, 6) is -0.0263. The quantitative estimate of drug-likeness (QED) is 0.625. The van der Waals surface area contributed by atoms with Crippen molar-refractivity contribution in [2.75, 3.05) is 38.5 Å². The maximum atomic E-state index is 11.8. The third kappa shape index (κ3) is 10.9. The van der Waals surface area contributed by atoms with Gasteiger partial charge in [-0.15, -0.1) is 0 Å². The number of thioether (sulfide) groups is 1. The highest BCUT2D eigenvalue weighted by molar-refractivity contribution is 8.00. The molecule has 0 rings (SSSR count). The Hall–Kier alpha value is 0.0200. The first-order valence-electron chi connectivity index (χ1n) is 5.70. The van der Waals surface area contributed by atoms with Crippen molar-refractivity contribution in [3.05, 3.63) is 0 Å². The monoisotopic (exact) mass is 274 g/mol. The summed E-state index contributed by atoms with van der Waals surface area (Å²) in [6, 6.07) is 0. The standard InChI is InChI=1S/C10H21F3N2OS/c1-3-15(4-2)8-9(16)7-14-5-6-17-10(11,12)13/h9,14,16H,3-8H2,1-2H3. The van der Waals surface area contributed by atoms with E-state index in [0.717, 1.165) is 13.1 Å². The largest absolute Gasteiger partial charge is 0.441 e. The van der Waals surface area contributed by atoms with Crippen molar-refractivity contribution in [1.29, 1.82) is 0 Å². The number of aliphatic hydroxyl groups excluding tert-OH is 1. The van der Waals surface area contributed by atoms with Crippen molar-refractivity contribution >= 4 is 11.8 Å². The van der Waals surface area contributed by atoms with Crippen LogP contribution < -0.4 is 5.32 Å². The van der Waals surface area contributed by atoms with Gasteiger partial charge in [0.1, 0.15) is 0 Å². The second-order valence-corrected chi connectivity index (χ2v) is 4.80. The number of nitrogens with zero attached hydrogens (tertiary/aromatic N) is 1. The summed E-state index contributed by atoms with van der Waals surface area (Å²) in [5, 5.41) is 12.4. The Morgan fingerprint density at radius 2 is 1.88 bits per heavy atom. The zero-order valence-corrected chi connectivity index (χ0v) is 11.1. The van der Waals surface area contributed by atoms with Gasteiger partial charge in [-0.25, -0.2) is 0 Å². The first kappa shape index (κ1) is 17.0. The van der Waals surface area contributed by atoms with E-state index < -0.39 is 11.6 Å². The minimum atomic E-state index is -4.17. The lowest BCUT2D eigenvalue weighted by Crippen LogP contribution is -2.38. The smallest absolute Gasteiger partial charge is 0.390 e. The van der Waals surface area contributed by atoms with E-state index >= 15 is 0 Å². The summed E-state index contributed by atoms with van der Waals surface area (Å²) in [5.41, 5.74) is -4.17. The van der Waals surface area contributed by atoms with Gasteiger partial charge in [-0.2, -0.15) is 13.2 Å². The van der Waals surface area contributed by atoms with Crippen LogP contribution in [0.1, 0.15) is 13.8 Å². The van der Waals surface area contributed by atoms with E-state index in [9.17, 15) is 18.3 Å². The second-order valence-electron chi connectivity index (χ2n) is 3.64. The minimum Gasteiger partial charge on any atom is -0.390 e. The maximum Gasteiger partial charge on any atom is 0.441 e. The van der Waals surface area contributed by atoms with Gasteiger partial charge in [0.2, 0.25) is 0 Å². The molecule has 3 nitrogen and oxygen atoms in total. The number of alkyl halides is 3. The first-order valence-corrected chi connectivity index (χ1v) is 6.69. The van der Waals surface area contributed by atoms with Gasteiger partial charge in [0.05, 0.1) is 6.10 Å². The van der Waals surface area contributed by atoms with Crippen LogP contribution in [0, 0.1) is 0 Å². The molecule has 17 heavy (non-hydrogen) atoms. The maximum absolute atomic E-state index is 11.8. The van der Waals surface area contributed by atoms with Gasteiger partial charge in [-0.05, 0) is 24.9 Å². The van der Waals surface area contributed by atoms with E-state index in [2.05, 4.69) is 10.2 Å². The Balaban J connectivity index is 3.48. The Kier molecular flexibility index (Phi) is 9.03. The van der Waals surface area contributed by atoms with Gasteiger partial charge in [-0.1, -0.05) is 13.8 Å². The lowest BCUT2D eigenvalue weighted by molar-refractivity contribution is -0.0327. The van der Waals surface area contributed by atoms with Crippen LogP contribution >= 0.6 is 11.8 Å². The fraction of sp³-hybridized carbons (Fsp3) is 1.00. The summed E-state index contributed by atoms with van der Waals surface area (Å²) in [6.45, 7) is 6.85. The van der Waals surface area contributed by atoms with Crippen LogP contribution in [-0.4, -0.2) is 60.1 Å². The fourth-order valence-corrected chi connectivity index (χ4v) is 1.83. The highest BCUT2D eigenvalue weighted by atomic mass is 32.2. The van der Waals surface area contributed by atoms with E-state index in [1.54, 1.807) is 0 Å². The summed E-state index contributed by atoms with van der Waals surface area (Å²) in [7, 11) is 0. The molecule has 0 fully saturated rings. The van der Waals surface area contributed by atoms with Crippen LogP contribution in [0.3, 0.4) is 0 Å². The van der Waals surface area contributed by atoms with Crippen molar-refractivity contribution in [2.24, 2.45) is 0 Å². The molecule has 0 aromatic carbocycles. The Labute approximate surface area is 105 Å². The minimum absolute atomic E-state index is 0.0263. The molecule has 0 spiro atoms. The van der Waals surface area contributed by atoms with E-state index in [4.69, 9.17) is 0 Å². The number of nitrogens with one attached hydrogen (secondary N) is 1. The molecule has 1 atom stereocenters. The van der Waals surface area contributed by atoms with Crippen LogP contribution in [0.5, 0.6) is 0 Å². The van der Waals surface area contributed by atoms with Crippen molar-refractivity contribution in [3.8, 4) is 0 Å². The number of hydrogen-bond acceptors (Lipinski definition) is 4. The molecule has 0 bridgehead atoms. The lowest BCUT2D eigenvalue weighted by Gasteiger charge is -2.22. The predicted octanol–water partition coefficient (Wildman–Crippen LogP) is 1.53. The number of halogens is 3. The topological polar surface area (TPSA) is 35.5 Å². The Bertz CT molecular complexity index is 189. The van der Waals surface area contributed by atoms with Crippen molar-refractivity contribution < 1.29 is 18.3 Å². The molecular formula is C10H21F3N2OS. The first-order chi connectivity index (χ1) is 7.89. The van der Waals surface area contributed by atoms with Crippen LogP contribution in [0.4, 0.5) is 13.2 Å². The average molecular weight is 274 g/mol. The molecule has 1 unspecified atom stereocenters. The van der Waals surface area contributed by atoms with Crippen LogP contribution in [-0.2, 0) is 0 Å². The molecule has 0 radical (unpaired) electrons. The molecule has 0 aliphatic heterocycles. The predicted molar refractivity (Wildman–Crippen MR) is 65.2 cm³/mol. The molecule has 7 heteroatoms. The van der Waals surface area contributed by atoms with Gasteiger partial charge in [-0.3, -0.25) is 0 Å². The summed E-state index contributed by atoms with van der Waals surface area (Å²) in [6.07, 6.45) is -0.536. The SMILES string of the molecule is CCN(CC)CC(O)CNCCSC(F)(F)F. The second kappa shape index (κ2) is 9.02. The highest BCUT2D eigenvalue weighted by Gasteiger charge is 2.27. The van der Waals surface area contributed by atoms with Crippen molar-refractivity contribution in [3.63, 3.8) is 0 Å². The highest BCUT2D eigenvalue weighted by Crippen LogP contribution is 2.29. The average Bonchev–Trinajstić information content (AvgIpc) is 2.23. The van der Waals surface area contributed by atoms with Gasteiger partial charge >= 0.3 is 5.51 Å². The summed E-state index contributed by atoms with van der Waals surface area (Å²) < 4.78 is 35.4. The van der Waals surface area contributed by atoms with Crippen molar-refractivity contribution in [2.45, 2.75) is 25.5 Å². The van der Waals surface area contributed by atoms with Crippen LogP contribution in [0.25, 0.3) is 0 Å². The number of likely N-dealkylation sites (N-methyl/N-ethyl adjacent to an activating group) is 1. The zero-order chi connectivity index (χ0) is 13.3. The van der Waals surface area contributed by atoms with Crippen LogP contribution in [0.2, 0.25) is 0 Å². The molecule has 0 aromatic rings. The molecule has 0 saturated heterocycles. The van der Waals surface area contributed by atoms with E-state index in [0.29, 0.717) is 13.1 Å². The molecule has 104 valence electrons. The number of hydrogen-bond donors (Lipinski definition) is 2. The molecule has 2 N–H and O–H groups in total. The van der Waals surface area contributed by atoms with E-state index in [-0.39, 0.29) is 24.1 Å². The van der Waals surface area contributed by atoms with E-state index in [1.165, 1.54) is 0 Å². The van der Waals surface area contributed by atoms with Gasteiger partial charge in [0.25, 0.3) is 0 Å². The summed E-state index contributed by atoms with van der Waals surface area (Å²) >= 11 is -0.0464. The molecular weight excluding hydrogens is 253 g/mol. The molecule has 0 aliphatic rings. The molecule has 0 heterocycles. The third-order valence-electron chi connectivity index (χ3n) is 2.29. The Morgan fingerprint density at radius 1 is 1.29 bits per heavy atom. The third-order valence-corrected chi connectivity index (χ3v) is 3.02. The number of rotatable bonds is 9. The van der Waals surface area contributed by atoms with Gasteiger partial charge < -0.3 is 15.3 Å². The van der Waals surface area contributed by atoms with E-state index in [1.807, 2.05) is 13.8 Å². The summed E-state index contributed by atoms with van der Waals surface area (Å²) in [4.78, 5) is 2.07. The fourth-order valence-electron chi connectivity index (χ4n) is 1.35. The molecule has 0 amide bonds. The van der Waals surface area contributed by atoms with Gasteiger partial charge in [0.15, 0.2) is 0 Å². The normalized spacial score (nSPS) is 14.3. The lowest BCUT2D eigenvalue weighted by atomic mass is 10.3. The molecule has 0 saturated carbocycles. The number of aliphatic hydroxyl groups is 1.